The number of nitrogens with zero attached hydrogens (tertiary/aromatic N) is 5. The minimum atomic E-state index is -0.258. The first-order valence-corrected chi connectivity index (χ1v) is 12.0. The average molecular weight is 447 g/mol. The topological polar surface area (TPSA) is 66.8 Å². The fourth-order valence-electron chi connectivity index (χ4n) is 4.94. The van der Waals surface area contributed by atoms with E-state index in [0.717, 1.165) is 85.3 Å². The first kappa shape index (κ1) is 21.9. The minimum Gasteiger partial charge on any atom is -0.341 e. The maximum Gasteiger partial charge on any atom is 0.225 e. The molecule has 7 heteroatoms. The Kier molecular flexibility index (Phi) is 6.31. The number of piperidine rings is 2. The molecule has 0 saturated carbocycles. The van der Waals surface area contributed by atoms with Crippen molar-refractivity contribution in [1.82, 2.24) is 25.3 Å². The highest BCUT2D eigenvalue weighted by molar-refractivity contribution is 5.81. The first-order valence-electron chi connectivity index (χ1n) is 12.0. The molecule has 172 valence electrons. The van der Waals surface area contributed by atoms with E-state index in [1.54, 1.807) is 12.1 Å². The van der Waals surface area contributed by atoms with Crippen LogP contribution < -0.4 is 10.2 Å². The quantitative estimate of drug-likeness (QED) is 0.624. The van der Waals surface area contributed by atoms with Crippen LogP contribution in [0, 0.1) is 18.7 Å². The monoisotopic (exact) mass is 446 g/mol. The molecule has 1 aromatic carbocycles. The standard InChI is InChI=1S/C26H31FN6/c1-17-4-3-13-33(16-17)26-30-15-23(19-5-7-21(27)8-6-19)24(32-26)22-14-29-25(31-18(22)2)20-9-11-28-12-10-20/h5-8,14-15,17,20,28H,3-4,9-13,16H2,1-2H3/t17-/m1/s1. The van der Waals surface area contributed by atoms with E-state index < -0.39 is 0 Å². The number of aromatic nitrogens is 4. The zero-order valence-electron chi connectivity index (χ0n) is 19.4. The third-order valence-electron chi connectivity index (χ3n) is 6.83. The predicted molar refractivity (Wildman–Crippen MR) is 129 cm³/mol. The molecular weight excluding hydrogens is 415 g/mol. The molecule has 0 spiro atoms. The van der Waals surface area contributed by atoms with E-state index in [-0.39, 0.29) is 5.82 Å². The van der Waals surface area contributed by atoms with Crippen LogP contribution in [-0.4, -0.2) is 46.1 Å². The number of hydrogen-bond acceptors (Lipinski definition) is 6. The van der Waals surface area contributed by atoms with Crippen molar-refractivity contribution in [3.8, 4) is 22.4 Å². The molecule has 5 rings (SSSR count). The molecule has 3 aromatic rings. The lowest BCUT2D eigenvalue weighted by atomic mass is 9.96. The van der Waals surface area contributed by atoms with Crippen molar-refractivity contribution in [1.29, 1.82) is 0 Å². The Morgan fingerprint density at radius 2 is 1.73 bits per heavy atom. The molecule has 2 aromatic heterocycles. The average Bonchev–Trinajstić information content (AvgIpc) is 2.85. The van der Waals surface area contributed by atoms with Gasteiger partial charge in [-0.1, -0.05) is 19.1 Å². The van der Waals surface area contributed by atoms with E-state index in [0.29, 0.717) is 11.8 Å². The number of benzene rings is 1. The van der Waals surface area contributed by atoms with Gasteiger partial charge in [0.25, 0.3) is 0 Å². The summed E-state index contributed by atoms with van der Waals surface area (Å²) < 4.78 is 13.6. The summed E-state index contributed by atoms with van der Waals surface area (Å²) >= 11 is 0. The summed E-state index contributed by atoms with van der Waals surface area (Å²) in [6.07, 6.45) is 8.28. The van der Waals surface area contributed by atoms with Crippen LogP contribution in [0.3, 0.4) is 0 Å². The Hall–Kier alpha value is -2.93. The molecule has 0 unspecified atom stereocenters. The maximum absolute atomic E-state index is 13.6. The van der Waals surface area contributed by atoms with Crippen LogP contribution in [0.15, 0.2) is 36.7 Å². The van der Waals surface area contributed by atoms with Crippen LogP contribution >= 0.6 is 0 Å². The summed E-state index contributed by atoms with van der Waals surface area (Å²) in [7, 11) is 0. The number of halogens is 1. The van der Waals surface area contributed by atoms with Crippen molar-refractivity contribution in [3.05, 3.63) is 54.0 Å². The van der Waals surface area contributed by atoms with Crippen LogP contribution in [0.2, 0.25) is 0 Å². The van der Waals surface area contributed by atoms with Crippen LogP contribution in [0.5, 0.6) is 0 Å². The highest BCUT2D eigenvalue weighted by Gasteiger charge is 2.23. The summed E-state index contributed by atoms with van der Waals surface area (Å²) in [5, 5.41) is 3.40. The van der Waals surface area contributed by atoms with Gasteiger partial charge >= 0.3 is 0 Å². The van der Waals surface area contributed by atoms with Crippen LogP contribution in [-0.2, 0) is 0 Å². The lowest BCUT2D eigenvalue weighted by Crippen LogP contribution is -2.35. The summed E-state index contributed by atoms with van der Waals surface area (Å²) in [4.78, 5) is 21.7. The van der Waals surface area contributed by atoms with Crippen molar-refractivity contribution in [3.63, 3.8) is 0 Å². The zero-order chi connectivity index (χ0) is 22.8. The number of anilines is 1. The number of nitrogens with one attached hydrogen (secondary N) is 1. The summed E-state index contributed by atoms with van der Waals surface area (Å²) in [5.74, 6) is 2.42. The molecule has 2 fully saturated rings. The second-order valence-corrected chi connectivity index (χ2v) is 9.38. The van der Waals surface area contributed by atoms with Crippen molar-refractivity contribution < 1.29 is 4.39 Å². The number of hydrogen-bond donors (Lipinski definition) is 1. The molecule has 1 N–H and O–H groups in total. The lowest BCUT2D eigenvalue weighted by Gasteiger charge is -2.31. The molecule has 33 heavy (non-hydrogen) atoms. The molecule has 0 bridgehead atoms. The third kappa shape index (κ3) is 4.74. The fraction of sp³-hybridized carbons (Fsp3) is 0.462. The van der Waals surface area contributed by atoms with Gasteiger partial charge in [-0.05, 0) is 69.3 Å². The molecule has 0 amide bonds. The van der Waals surface area contributed by atoms with Crippen LogP contribution in [0.1, 0.15) is 50.0 Å². The van der Waals surface area contributed by atoms with Gasteiger partial charge in [-0.15, -0.1) is 0 Å². The summed E-state index contributed by atoms with van der Waals surface area (Å²) in [5.41, 5.74) is 4.37. The van der Waals surface area contributed by atoms with E-state index in [1.807, 2.05) is 19.3 Å². The number of aryl methyl sites for hydroxylation is 1. The SMILES string of the molecule is Cc1nc(C2CCNCC2)ncc1-c1nc(N2CCC[C@@H](C)C2)ncc1-c1ccc(F)cc1. The molecule has 6 nitrogen and oxygen atoms in total. The van der Waals surface area contributed by atoms with Crippen LogP contribution in [0.4, 0.5) is 10.3 Å². The van der Waals surface area contributed by atoms with Crippen molar-refractivity contribution in [2.75, 3.05) is 31.1 Å². The fourth-order valence-corrected chi connectivity index (χ4v) is 4.94. The van der Waals surface area contributed by atoms with E-state index in [4.69, 9.17) is 19.9 Å². The van der Waals surface area contributed by atoms with Crippen LogP contribution in [0.25, 0.3) is 22.4 Å². The smallest absolute Gasteiger partial charge is 0.225 e. The van der Waals surface area contributed by atoms with Crippen molar-refractivity contribution in [2.24, 2.45) is 5.92 Å². The van der Waals surface area contributed by atoms with E-state index in [2.05, 4.69) is 17.1 Å². The highest BCUT2D eigenvalue weighted by atomic mass is 19.1. The van der Waals surface area contributed by atoms with E-state index >= 15 is 0 Å². The van der Waals surface area contributed by atoms with Crippen molar-refractivity contribution >= 4 is 5.95 Å². The van der Waals surface area contributed by atoms with Gasteiger partial charge in [0, 0.05) is 42.5 Å². The summed E-state index contributed by atoms with van der Waals surface area (Å²) in [6.45, 7) is 8.24. The van der Waals surface area contributed by atoms with Gasteiger partial charge in [0.05, 0.1) is 11.4 Å². The molecule has 0 aliphatic carbocycles. The zero-order valence-corrected chi connectivity index (χ0v) is 19.4. The first-order chi connectivity index (χ1) is 16.1. The molecule has 4 heterocycles. The molecule has 2 aliphatic heterocycles. The molecule has 1 atom stereocenters. The minimum absolute atomic E-state index is 0.258. The van der Waals surface area contributed by atoms with Gasteiger partial charge in [-0.25, -0.2) is 24.3 Å². The second kappa shape index (κ2) is 9.51. The Balaban J connectivity index is 1.57. The second-order valence-electron chi connectivity index (χ2n) is 9.38. The number of rotatable bonds is 4. The lowest BCUT2D eigenvalue weighted by molar-refractivity contribution is 0.442. The Morgan fingerprint density at radius 3 is 2.45 bits per heavy atom. The van der Waals surface area contributed by atoms with Gasteiger partial charge < -0.3 is 10.2 Å². The van der Waals surface area contributed by atoms with Gasteiger partial charge in [0.2, 0.25) is 5.95 Å². The highest BCUT2D eigenvalue weighted by Crippen LogP contribution is 2.34. The van der Waals surface area contributed by atoms with E-state index in [9.17, 15) is 4.39 Å². The maximum atomic E-state index is 13.6. The predicted octanol–water partition coefficient (Wildman–Crippen LogP) is 4.75. The van der Waals surface area contributed by atoms with Gasteiger partial charge in [0.1, 0.15) is 11.6 Å². The van der Waals surface area contributed by atoms with Gasteiger partial charge in [-0.3, -0.25) is 0 Å². The van der Waals surface area contributed by atoms with Crippen molar-refractivity contribution in [2.45, 2.75) is 45.4 Å². The normalized spacial score (nSPS) is 19.6. The Labute approximate surface area is 194 Å². The summed E-state index contributed by atoms with van der Waals surface area (Å²) in [6, 6.07) is 6.51. The molecule has 0 radical (unpaired) electrons. The Bertz CT molecular complexity index is 1110. The molecular formula is C26H31FN6. The van der Waals surface area contributed by atoms with E-state index in [1.165, 1.54) is 18.6 Å². The Morgan fingerprint density at radius 1 is 0.970 bits per heavy atom. The molecule has 2 aliphatic rings. The largest absolute Gasteiger partial charge is 0.341 e. The van der Waals surface area contributed by atoms with Gasteiger partial charge in [0.15, 0.2) is 0 Å². The third-order valence-corrected chi connectivity index (χ3v) is 6.83. The van der Waals surface area contributed by atoms with Gasteiger partial charge in [-0.2, -0.15) is 0 Å². The molecule has 2 saturated heterocycles.